The molecule has 0 unspecified atom stereocenters. The van der Waals surface area contributed by atoms with E-state index in [9.17, 15) is 8.78 Å². The van der Waals surface area contributed by atoms with Crippen molar-refractivity contribution >= 4 is 21.7 Å². The highest BCUT2D eigenvalue weighted by Crippen LogP contribution is 2.19. The molecule has 0 saturated carbocycles. The minimum atomic E-state index is -2.34. The zero-order valence-corrected chi connectivity index (χ0v) is 9.55. The number of halogens is 3. The van der Waals surface area contributed by atoms with E-state index in [4.69, 9.17) is 0 Å². The van der Waals surface area contributed by atoms with Crippen molar-refractivity contribution in [2.24, 2.45) is 0 Å². The van der Waals surface area contributed by atoms with Crippen molar-refractivity contribution < 1.29 is 8.78 Å². The molecular weight excluding hydrogens is 254 g/mol. The van der Waals surface area contributed by atoms with Crippen LogP contribution < -0.4 is 4.90 Å². The molecule has 0 N–H and O–H groups in total. The summed E-state index contributed by atoms with van der Waals surface area (Å²) in [6, 6.07) is 1.85. The minimum absolute atomic E-state index is 0.296. The third-order valence-electron chi connectivity index (χ3n) is 1.79. The second kappa shape index (κ2) is 4.68. The summed E-state index contributed by atoms with van der Waals surface area (Å²) >= 11 is 3.27. The van der Waals surface area contributed by atoms with Gasteiger partial charge >= 0.3 is 0 Å². The first-order valence-electron chi connectivity index (χ1n) is 4.12. The molecule has 0 aliphatic heterocycles. The van der Waals surface area contributed by atoms with E-state index >= 15 is 0 Å². The van der Waals surface area contributed by atoms with Gasteiger partial charge in [0.25, 0.3) is 6.43 Å². The maximum Gasteiger partial charge on any atom is 0.255 e. The molecule has 0 saturated heterocycles. The molecule has 0 atom stereocenters. The molecule has 0 bridgehead atoms. The van der Waals surface area contributed by atoms with Gasteiger partial charge in [-0.2, -0.15) is 0 Å². The van der Waals surface area contributed by atoms with Gasteiger partial charge in [-0.3, -0.25) is 0 Å². The molecule has 1 aromatic heterocycles. The van der Waals surface area contributed by atoms with E-state index in [1.165, 1.54) is 4.90 Å². The Balaban J connectivity index is 2.84. The Morgan fingerprint density at radius 2 is 2.21 bits per heavy atom. The zero-order valence-electron chi connectivity index (χ0n) is 7.97. The fraction of sp³-hybridized carbons (Fsp3) is 0.444. The van der Waals surface area contributed by atoms with Crippen LogP contribution in [0.2, 0.25) is 0 Å². The molecule has 78 valence electrons. The van der Waals surface area contributed by atoms with Crippen LogP contribution in [0.5, 0.6) is 0 Å². The summed E-state index contributed by atoms with van der Waals surface area (Å²) in [5.41, 5.74) is 0.877. The monoisotopic (exact) mass is 264 g/mol. The minimum Gasteiger partial charge on any atom is -0.354 e. The Labute approximate surface area is 90.1 Å². The van der Waals surface area contributed by atoms with E-state index in [2.05, 4.69) is 20.9 Å². The standard InChI is InChI=1S/C9H11BrF2N2/c1-6-3-7(10)4-13-9(6)14(2)5-8(11)12/h3-4,8H,5H2,1-2H3. The summed E-state index contributed by atoms with van der Waals surface area (Å²) in [5, 5.41) is 0. The first kappa shape index (κ1) is 11.4. The van der Waals surface area contributed by atoms with Crippen molar-refractivity contribution in [3.8, 4) is 0 Å². The van der Waals surface area contributed by atoms with E-state index in [0.717, 1.165) is 10.0 Å². The number of aryl methyl sites for hydroxylation is 1. The lowest BCUT2D eigenvalue weighted by Crippen LogP contribution is -2.25. The number of rotatable bonds is 3. The van der Waals surface area contributed by atoms with Gasteiger partial charge in [0.2, 0.25) is 0 Å². The third kappa shape index (κ3) is 2.90. The Bertz CT molecular complexity index is 318. The molecule has 0 radical (unpaired) electrons. The number of alkyl halides is 2. The average Bonchev–Trinajstić information content (AvgIpc) is 2.01. The molecule has 1 rings (SSSR count). The summed E-state index contributed by atoms with van der Waals surface area (Å²) in [4.78, 5) is 5.53. The maximum atomic E-state index is 12.1. The number of anilines is 1. The van der Waals surface area contributed by atoms with E-state index in [0.29, 0.717) is 5.82 Å². The van der Waals surface area contributed by atoms with E-state index in [1.54, 1.807) is 13.2 Å². The van der Waals surface area contributed by atoms with E-state index < -0.39 is 6.43 Å². The van der Waals surface area contributed by atoms with Crippen molar-refractivity contribution in [3.05, 3.63) is 22.3 Å². The van der Waals surface area contributed by atoms with Crippen LogP contribution in [0.25, 0.3) is 0 Å². The lowest BCUT2D eigenvalue weighted by molar-refractivity contribution is 0.156. The van der Waals surface area contributed by atoms with Gasteiger partial charge in [0.1, 0.15) is 5.82 Å². The summed E-state index contributed by atoms with van der Waals surface area (Å²) in [6.45, 7) is 1.55. The van der Waals surface area contributed by atoms with Crippen LogP contribution in [0.3, 0.4) is 0 Å². The highest BCUT2D eigenvalue weighted by molar-refractivity contribution is 9.10. The van der Waals surface area contributed by atoms with Gasteiger partial charge in [0, 0.05) is 17.7 Å². The summed E-state index contributed by atoms with van der Waals surface area (Å²) in [6.07, 6.45) is -0.741. The van der Waals surface area contributed by atoms with Gasteiger partial charge < -0.3 is 4.90 Å². The fourth-order valence-electron chi connectivity index (χ4n) is 1.23. The number of nitrogens with zero attached hydrogens (tertiary/aromatic N) is 2. The van der Waals surface area contributed by atoms with Gasteiger partial charge in [-0.05, 0) is 34.5 Å². The second-order valence-corrected chi connectivity index (χ2v) is 3.98. The molecular formula is C9H11BrF2N2. The number of hydrogen-bond acceptors (Lipinski definition) is 2. The molecule has 5 heteroatoms. The summed E-state index contributed by atoms with van der Waals surface area (Å²) in [5.74, 6) is 0.591. The first-order valence-corrected chi connectivity index (χ1v) is 4.91. The molecule has 1 aromatic rings. The molecule has 2 nitrogen and oxygen atoms in total. The lowest BCUT2D eigenvalue weighted by Gasteiger charge is -2.19. The van der Waals surface area contributed by atoms with Crippen molar-refractivity contribution in [1.29, 1.82) is 0 Å². The van der Waals surface area contributed by atoms with Gasteiger partial charge in [-0.1, -0.05) is 0 Å². The molecule has 0 fully saturated rings. The van der Waals surface area contributed by atoms with Crippen LogP contribution in [-0.4, -0.2) is 25.0 Å². The van der Waals surface area contributed by atoms with Crippen LogP contribution in [0.1, 0.15) is 5.56 Å². The highest BCUT2D eigenvalue weighted by atomic mass is 79.9. The molecule has 0 spiro atoms. The SMILES string of the molecule is Cc1cc(Br)cnc1N(C)CC(F)F. The van der Waals surface area contributed by atoms with Gasteiger partial charge in [-0.15, -0.1) is 0 Å². The van der Waals surface area contributed by atoms with Crippen molar-refractivity contribution in [2.45, 2.75) is 13.3 Å². The molecule has 14 heavy (non-hydrogen) atoms. The lowest BCUT2D eigenvalue weighted by atomic mass is 10.3. The third-order valence-corrected chi connectivity index (χ3v) is 2.22. The zero-order chi connectivity index (χ0) is 10.7. The summed E-state index contributed by atoms with van der Waals surface area (Å²) in [7, 11) is 1.61. The Kier molecular flexibility index (Phi) is 3.80. The van der Waals surface area contributed by atoms with Crippen molar-refractivity contribution in [1.82, 2.24) is 4.98 Å². The second-order valence-electron chi connectivity index (χ2n) is 3.07. The fourth-order valence-corrected chi connectivity index (χ4v) is 1.67. The van der Waals surface area contributed by atoms with Gasteiger partial charge in [0.15, 0.2) is 0 Å². The molecule has 1 heterocycles. The van der Waals surface area contributed by atoms with Crippen LogP contribution >= 0.6 is 15.9 Å². The Morgan fingerprint density at radius 3 is 2.71 bits per heavy atom. The van der Waals surface area contributed by atoms with Gasteiger partial charge in [-0.25, -0.2) is 13.8 Å². The average molecular weight is 265 g/mol. The largest absolute Gasteiger partial charge is 0.354 e. The van der Waals surface area contributed by atoms with E-state index in [1.807, 2.05) is 13.0 Å². The summed E-state index contributed by atoms with van der Waals surface area (Å²) < 4.78 is 25.1. The normalized spacial score (nSPS) is 10.7. The quantitative estimate of drug-likeness (QED) is 0.835. The molecule has 0 aliphatic rings. The van der Waals surface area contributed by atoms with E-state index in [-0.39, 0.29) is 6.54 Å². The van der Waals surface area contributed by atoms with Crippen LogP contribution in [0, 0.1) is 6.92 Å². The number of hydrogen-bond donors (Lipinski definition) is 0. The topological polar surface area (TPSA) is 16.1 Å². The number of pyridine rings is 1. The van der Waals surface area contributed by atoms with Gasteiger partial charge in [0.05, 0.1) is 6.54 Å². The molecule has 0 aromatic carbocycles. The predicted molar refractivity (Wildman–Crippen MR) is 55.9 cm³/mol. The van der Waals surface area contributed by atoms with Crippen molar-refractivity contribution in [2.75, 3.05) is 18.5 Å². The Hall–Kier alpha value is -0.710. The van der Waals surface area contributed by atoms with Crippen LogP contribution in [0.4, 0.5) is 14.6 Å². The number of aromatic nitrogens is 1. The smallest absolute Gasteiger partial charge is 0.255 e. The van der Waals surface area contributed by atoms with Crippen LogP contribution in [0.15, 0.2) is 16.7 Å². The predicted octanol–water partition coefficient (Wildman–Crippen LogP) is 2.85. The van der Waals surface area contributed by atoms with Crippen LogP contribution in [-0.2, 0) is 0 Å². The molecule has 0 aliphatic carbocycles. The first-order chi connectivity index (χ1) is 6.50. The Morgan fingerprint density at radius 1 is 1.57 bits per heavy atom. The van der Waals surface area contributed by atoms with Crippen molar-refractivity contribution in [3.63, 3.8) is 0 Å². The highest BCUT2D eigenvalue weighted by Gasteiger charge is 2.11. The maximum absolute atomic E-state index is 12.1. The molecule has 0 amide bonds.